The number of alkyl halides is 1. The molecule has 0 bridgehead atoms. The van der Waals surface area contributed by atoms with Crippen LogP contribution < -0.4 is 5.32 Å². The van der Waals surface area contributed by atoms with Crippen molar-refractivity contribution in [2.45, 2.75) is 45.4 Å². The van der Waals surface area contributed by atoms with E-state index in [1.165, 1.54) is 5.56 Å². The number of amides is 1. The Kier molecular flexibility index (Phi) is 6.93. The standard InChI is InChI=1S/C16H24ClNO/c1-4-12-7-9-14(10-8-12)16(19)18-11-15(17)13(5-2)6-3/h7-10,13,15H,4-6,11H2,1-3H3,(H,18,19). The molecule has 0 aliphatic rings. The Morgan fingerprint density at radius 3 is 2.21 bits per heavy atom. The minimum Gasteiger partial charge on any atom is -0.351 e. The first-order valence-corrected chi connectivity index (χ1v) is 7.57. The highest BCUT2D eigenvalue weighted by Gasteiger charge is 2.16. The van der Waals surface area contributed by atoms with E-state index in [0.29, 0.717) is 18.0 Å². The van der Waals surface area contributed by atoms with Crippen molar-refractivity contribution in [3.8, 4) is 0 Å². The highest BCUT2D eigenvalue weighted by Crippen LogP contribution is 2.17. The molecular weight excluding hydrogens is 258 g/mol. The molecule has 3 heteroatoms. The minimum absolute atomic E-state index is 0.00821. The van der Waals surface area contributed by atoms with Crippen LogP contribution in [-0.4, -0.2) is 17.8 Å². The van der Waals surface area contributed by atoms with E-state index in [9.17, 15) is 4.79 Å². The van der Waals surface area contributed by atoms with E-state index in [2.05, 4.69) is 26.1 Å². The van der Waals surface area contributed by atoms with Gasteiger partial charge in [-0.2, -0.15) is 0 Å². The number of hydrogen-bond acceptors (Lipinski definition) is 1. The summed E-state index contributed by atoms with van der Waals surface area (Å²) < 4.78 is 0. The Hall–Kier alpha value is -1.02. The van der Waals surface area contributed by atoms with Crippen LogP contribution in [0.2, 0.25) is 0 Å². The highest BCUT2D eigenvalue weighted by molar-refractivity contribution is 6.21. The van der Waals surface area contributed by atoms with Crippen LogP contribution in [0.1, 0.15) is 49.5 Å². The number of nitrogens with one attached hydrogen (secondary N) is 1. The van der Waals surface area contributed by atoms with E-state index < -0.39 is 0 Å². The van der Waals surface area contributed by atoms with Crippen LogP contribution in [0.25, 0.3) is 0 Å². The normalized spacial score (nSPS) is 12.5. The number of carbonyl (C=O) groups excluding carboxylic acids is 1. The van der Waals surface area contributed by atoms with E-state index >= 15 is 0 Å². The first-order valence-electron chi connectivity index (χ1n) is 7.13. The minimum atomic E-state index is -0.0424. The summed E-state index contributed by atoms with van der Waals surface area (Å²) in [6, 6.07) is 7.73. The summed E-state index contributed by atoms with van der Waals surface area (Å²) in [4.78, 5) is 12.0. The number of benzene rings is 1. The number of aryl methyl sites for hydroxylation is 1. The zero-order valence-corrected chi connectivity index (χ0v) is 12.8. The van der Waals surface area contributed by atoms with Crippen molar-refractivity contribution in [3.63, 3.8) is 0 Å². The van der Waals surface area contributed by atoms with Gasteiger partial charge in [0, 0.05) is 12.1 Å². The third-order valence-electron chi connectivity index (χ3n) is 3.64. The molecule has 19 heavy (non-hydrogen) atoms. The summed E-state index contributed by atoms with van der Waals surface area (Å²) in [6.07, 6.45) is 3.08. The zero-order valence-electron chi connectivity index (χ0n) is 12.1. The first-order chi connectivity index (χ1) is 9.12. The average Bonchev–Trinajstić information content (AvgIpc) is 2.46. The lowest BCUT2D eigenvalue weighted by atomic mass is 9.99. The van der Waals surface area contributed by atoms with Crippen LogP contribution >= 0.6 is 11.6 Å². The predicted molar refractivity (Wildman–Crippen MR) is 81.9 cm³/mol. The van der Waals surface area contributed by atoms with Crippen molar-refractivity contribution >= 4 is 17.5 Å². The second-order valence-corrected chi connectivity index (χ2v) is 5.41. The van der Waals surface area contributed by atoms with Crippen LogP contribution in [0.15, 0.2) is 24.3 Å². The van der Waals surface area contributed by atoms with Gasteiger partial charge in [0.2, 0.25) is 0 Å². The lowest BCUT2D eigenvalue weighted by Gasteiger charge is -2.19. The van der Waals surface area contributed by atoms with E-state index in [4.69, 9.17) is 11.6 Å². The molecule has 0 saturated heterocycles. The highest BCUT2D eigenvalue weighted by atomic mass is 35.5. The first kappa shape index (κ1) is 16.0. The summed E-state index contributed by atoms with van der Waals surface area (Å²) in [6.45, 7) is 6.90. The second kappa shape index (κ2) is 8.21. The van der Waals surface area contributed by atoms with Crippen molar-refractivity contribution in [2.24, 2.45) is 5.92 Å². The van der Waals surface area contributed by atoms with Gasteiger partial charge in [-0.25, -0.2) is 0 Å². The Morgan fingerprint density at radius 1 is 1.16 bits per heavy atom. The molecule has 2 nitrogen and oxygen atoms in total. The number of carbonyl (C=O) groups is 1. The molecule has 0 aromatic heterocycles. The Bertz CT molecular complexity index is 384. The van der Waals surface area contributed by atoms with E-state index in [1.54, 1.807) is 0 Å². The van der Waals surface area contributed by atoms with Gasteiger partial charge in [-0.3, -0.25) is 4.79 Å². The van der Waals surface area contributed by atoms with Gasteiger partial charge < -0.3 is 5.32 Å². The summed E-state index contributed by atoms with van der Waals surface area (Å²) >= 11 is 6.31. The van der Waals surface area contributed by atoms with Gasteiger partial charge in [-0.15, -0.1) is 11.6 Å². The fraction of sp³-hybridized carbons (Fsp3) is 0.562. The molecule has 0 aliphatic carbocycles. The van der Waals surface area contributed by atoms with Gasteiger partial charge in [-0.05, 0) is 30.0 Å². The average molecular weight is 282 g/mol. The molecule has 1 unspecified atom stereocenters. The fourth-order valence-corrected chi connectivity index (χ4v) is 2.58. The molecule has 1 amide bonds. The molecule has 1 aromatic rings. The molecule has 0 aliphatic heterocycles. The molecule has 0 heterocycles. The number of rotatable bonds is 7. The lowest BCUT2D eigenvalue weighted by molar-refractivity contribution is 0.0951. The molecule has 106 valence electrons. The quantitative estimate of drug-likeness (QED) is 0.752. The van der Waals surface area contributed by atoms with Crippen LogP contribution in [0.5, 0.6) is 0 Å². The fourth-order valence-electron chi connectivity index (χ4n) is 2.15. The van der Waals surface area contributed by atoms with Gasteiger partial charge in [-0.1, -0.05) is 45.7 Å². The topological polar surface area (TPSA) is 29.1 Å². The van der Waals surface area contributed by atoms with Crippen molar-refractivity contribution in [1.29, 1.82) is 0 Å². The van der Waals surface area contributed by atoms with E-state index in [-0.39, 0.29) is 11.3 Å². The largest absolute Gasteiger partial charge is 0.351 e. The van der Waals surface area contributed by atoms with Gasteiger partial charge in [0.05, 0.1) is 5.38 Å². The van der Waals surface area contributed by atoms with Crippen molar-refractivity contribution in [3.05, 3.63) is 35.4 Å². The van der Waals surface area contributed by atoms with Crippen LogP contribution in [0.4, 0.5) is 0 Å². The molecular formula is C16H24ClNO. The SMILES string of the molecule is CCc1ccc(C(=O)NCC(Cl)C(CC)CC)cc1. The Labute approximate surface area is 121 Å². The number of halogens is 1. The van der Waals surface area contributed by atoms with E-state index in [0.717, 1.165) is 19.3 Å². The third kappa shape index (κ3) is 4.87. The monoisotopic (exact) mass is 281 g/mol. The van der Waals surface area contributed by atoms with Gasteiger partial charge in [0.1, 0.15) is 0 Å². The van der Waals surface area contributed by atoms with Crippen molar-refractivity contribution in [2.75, 3.05) is 6.54 Å². The molecule has 1 rings (SSSR count). The molecule has 1 atom stereocenters. The zero-order chi connectivity index (χ0) is 14.3. The Balaban J connectivity index is 2.50. The van der Waals surface area contributed by atoms with Crippen molar-refractivity contribution < 1.29 is 4.79 Å². The van der Waals surface area contributed by atoms with E-state index in [1.807, 2.05) is 24.3 Å². The summed E-state index contributed by atoms with van der Waals surface area (Å²) in [5.41, 5.74) is 1.94. The predicted octanol–water partition coefficient (Wildman–Crippen LogP) is 4.02. The molecule has 0 spiro atoms. The van der Waals surface area contributed by atoms with Crippen LogP contribution in [0.3, 0.4) is 0 Å². The maximum absolute atomic E-state index is 12.0. The molecule has 1 N–H and O–H groups in total. The van der Waals surface area contributed by atoms with Gasteiger partial charge in [0.15, 0.2) is 0 Å². The summed E-state index contributed by atoms with van der Waals surface area (Å²) in [5.74, 6) is 0.420. The van der Waals surface area contributed by atoms with Crippen molar-refractivity contribution in [1.82, 2.24) is 5.32 Å². The van der Waals surface area contributed by atoms with Gasteiger partial charge in [0.25, 0.3) is 5.91 Å². The lowest BCUT2D eigenvalue weighted by Crippen LogP contribution is -2.33. The summed E-state index contributed by atoms with van der Waals surface area (Å²) in [5, 5.41) is 2.92. The molecule has 1 aromatic carbocycles. The third-order valence-corrected chi connectivity index (χ3v) is 4.15. The smallest absolute Gasteiger partial charge is 0.251 e. The second-order valence-electron chi connectivity index (χ2n) is 4.85. The molecule has 0 radical (unpaired) electrons. The van der Waals surface area contributed by atoms with Gasteiger partial charge >= 0.3 is 0 Å². The Morgan fingerprint density at radius 2 is 1.74 bits per heavy atom. The maximum Gasteiger partial charge on any atom is 0.251 e. The van der Waals surface area contributed by atoms with Crippen LogP contribution in [0, 0.1) is 5.92 Å². The number of hydrogen-bond donors (Lipinski definition) is 1. The maximum atomic E-state index is 12.0. The summed E-state index contributed by atoms with van der Waals surface area (Å²) in [7, 11) is 0. The molecule has 0 saturated carbocycles. The van der Waals surface area contributed by atoms with Crippen LogP contribution in [-0.2, 0) is 6.42 Å². The molecule has 0 fully saturated rings.